The van der Waals surface area contributed by atoms with Crippen LogP contribution in [0.15, 0.2) is 30.3 Å². The van der Waals surface area contributed by atoms with Crippen LogP contribution in [0.25, 0.3) is 0 Å². The molecule has 2 rings (SSSR count). The molecule has 110 valence electrons. The molecule has 0 spiro atoms. The van der Waals surface area contributed by atoms with Gasteiger partial charge in [-0.2, -0.15) is 0 Å². The van der Waals surface area contributed by atoms with Crippen molar-refractivity contribution >= 4 is 22.9 Å². The highest BCUT2D eigenvalue weighted by Crippen LogP contribution is 2.27. The van der Waals surface area contributed by atoms with Gasteiger partial charge in [0, 0.05) is 12.6 Å². The monoisotopic (exact) mass is 308 g/mol. The molecule has 0 saturated heterocycles. The first-order chi connectivity index (χ1) is 9.97. The minimum absolute atomic E-state index is 0.0460. The number of amides is 1. The van der Waals surface area contributed by atoms with Crippen molar-refractivity contribution in [2.75, 3.05) is 6.54 Å². The number of carbonyl (C=O) groups excluding carboxylic acids is 1. The summed E-state index contributed by atoms with van der Waals surface area (Å²) in [4.78, 5) is 22.9. The Morgan fingerprint density at radius 2 is 2.19 bits per heavy atom. The van der Waals surface area contributed by atoms with Gasteiger partial charge in [0.25, 0.3) is 11.6 Å². The molecule has 5 nitrogen and oxygen atoms in total. The van der Waals surface area contributed by atoms with Crippen molar-refractivity contribution in [2.24, 2.45) is 0 Å². The maximum atomic E-state index is 13.0. The van der Waals surface area contributed by atoms with Gasteiger partial charge in [0.15, 0.2) is 0 Å². The number of thiophene rings is 1. The van der Waals surface area contributed by atoms with Crippen molar-refractivity contribution < 1.29 is 14.1 Å². The Balaban J connectivity index is 1.93. The molecule has 1 aromatic heterocycles. The highest BCUT2D eigenvalue weighted by molar-refractivity contribution is 7.14. The Kier molecular flexibility index (Phi) is 4.64. The van der Waals surface area contributed by atoms with Crippen LogP contribution < -0.4 is 5.32 Å². The number of benzene rings is 1. The molecular formula is C14H13FN2O3S. The van der Waals surface area contributed by atoms with Crippen LogP contribution in [0.2, 0.25) is 0 Å². The van der Waals surface area contributed by atoms with Gasteiger partial charge in [0.1, 0.15) is 5.82 Å². The topological polar surface area (TPSA) is 72.2 Å². The first kappa shape index (κ1) is 15.1. The minimum Gasteiger partial charge on any atom is -0.351 e. The third-order valence-electron chi connectivity index (χ3n) is 2.90. The molecule has 1 amide bonds. The highest BCUT2D eigenvalue weighted by Gasteiger charge is 2.19. The zero-order valence-electron chi connectivity index (χ0n) is 11.3. The molecule has 0 aliphatic heterocycles. The SMILES string of the molecule is Cc1sc(C(=O)NCCc2cccc(F)c2)cc1[N+](=O)[O-]. The van der Waals surface area contributed by atoms with E-state index in [1.807, 2.05) is 0 Å². The van der Waals surface area contributed by atoms with E-state index in [4.69, 9.17) is 0 Å². The Morgan fingerprint density at radius 1 is 1.43 bits per heavy atom. The van der Waals surface area contributed by atoms with E-state index >= 15 is 0 Å². The molecule has 0 aliphatic carbocycles. The lowest BCUT2D eigenvalue weighted by Crippen LogP contribution is -2.24. The van der Waals surface area contributed by atoms with Crippen LogP contribution in [-0.2, 0) is 6.42 Å². The second kappa shape index (κ2) is 6.45. The number of carbonyl (C=O) groups is 1. The van der Waals surface area contributed by atoms with E-state index in [1.165, 1.54) is 18.2 Å². The van der Waals surface area contributed by atoms with Crippen molar-refractivity contribution in [1.29, 1.82) is 0 Å². The van der Waals surface area contributed by atoms with Gasteiger partial charge in [-0.05, 0) is 31.0 Å². The van der Waals surface area contributed by atoms with E-state index in [0.717, 1.165) is 16.9 Å². The molecule has 0 radical (unpaired) electrons. The molecule has 0 aliphatic rings. The molecule has 0 atom stereocenters. The summed E-state index contributed by atoms with van der Waals surface area (Å²) in [7, 11) is 0. The van der Waals surface area contributed by atoms with Gasteiger partial charge in [0.05, 0.1) is 14.7 Å². The summed E-state index contributed by atoms with van der Waals surface area (Å²) < 4.78 is 13.0. The first-order valence-corrected chi connectivity index (χ1v) is 7.06. The number of nitrogens with one attached hydrogen (secondary N) is 1. The molecule has 21 heavy (non-hydrogen) atoms. The van der Waals surface area contributed by atoms with Crippen molar-refractivity contribution in [1.82, 2.24) is 5.32 Å². The van der Waals surface area contributed by atoms with E-state index in [-0.39, 0.29) is 17.4 Å². The van der Waals surface area contributed by atoms with E-state index in [2.05, 4.69) is 5.32 Å². The Labute approximate surface area is 124 Å². The highest BCUT2D eigenvalue weighted by atomic mass is 32.1. The van der Waals surface area contributed by atoms with Crippen LogP contribution in [0.5, 0.6) is 0 Å². The maximum Gasteiger partial charge on any atom is 0.283 e. The third-order valence-corrected chi connectivity index (χ3v) is 3.94. The summed E-state index contributed by atoms with van der Waals surface area (Å²) in [5, 5.41) is 13.4. The van der Waals surface area contributed by atoms with Crippen LogP contribution in [0.1, 0.15) is 20.1 Å². The summed E-state index contributed by atoms with van der Waals surface area (Å²) in [5.74, 6) is -0.670. The van der Waals surface area contributed by atoms with Gasteiger partial charge in [-0.3, -0.25) is 14.9 Å². The summed E-state index contributed by atoms with van der Waals surface area (Å²) in [6.45, 7) is 1.94. The number of nitrogens with zero attached hydrogens (tertiary/aromatic N) is 1. The lowest BCUT2D eigenvalue weighted by molar-refractivity contribution is -0.385. The summed E-state index contributed by atoms with van der Waals surface area (Å²) in [5.41, 5.74) is 0.735. The number of hydrogen-bond donors (Lipinski definition) is 1. The zero-order valence-corrected chi connectivity index (χ0v) is 12.1. The second-order valence-corrected chi connectivity index (χ2v) is 5.70. The molecule has 0 fully saturated rings. The van der Waals surface area contributed by atoms with Gasteiger partial charge in [-0.25, -0.2) is 4.39 Å². The molecule has 1 heterocycles. The normalized spacial score (nSPS) is 10.4. The Hall–Kier alpha value is -2.28. The zero-order chi connectivity index (χ0) is 15.4. The number of nitro groups is 1. The van der Waals surface area contributed by atoms with Gasteiger partial charge in [-0.1, -0.05) is 12.1 Å². The molecule has 7 heteroatoms. The summed E-state index contributed by atoms with van der Waals surface area (Å²) >= 11 is 1.09. The average Bonchev–Trinajstić information content (AvgIpc) is 2.81. The molecular weight excluding hydrogens is 295 g/mol. The molecule has 0 unspecified atom stereocenters. The predicted octanol–water partition coefficient (Wildman–Crippen LogP) is 3.08. The summed E-state index contributed by atoms with van der Waals surface area (Å²) in [6.07, 6.45) is 0.496. The van der Waals surface area contributed by atoms with E-state index in [0.29, 0.717) is 22.7 Å². The molecule has 2 aromatic rings. The maximum absolute atomic E-state index is 13.0. The van der Waals surface area contributed by atoms with Crippen molar-refractivity contribution in [3.05, 3.63) is 61.6 Å². The van der Waals surface area contributed by atoms with Crippen LogP contribution in [0.3, 0.4) is 0 Å². The molecule has 0 bridgehead atoms. The van der Waals surface area contributed by atoms with Gasteiger partial charge < -0.3 is 5.32 Å². The van der Waals surface area contributed by atoms with Crippen LogP contribution >= 0.6 is 11.3 Å². The lowest BCUT2D eigenvalue weighted by Gasteiger charge is -2.03. The van der Waals surface area contributed by atoms with Crippen molar-refractivity contribution in [3.63, 3.8) is 0 Å². The lowest BCUT2D eigenvalue weighted by atomic mass is 10.1. The Morgan fingerprint density at radius 3 is 2.81 bits per heavy atom. The number of rotatable bonds is 5. The minimum atomic E-state index is -0.505. The van der Waals surface area contributed by atoms with E-state index in [1.54, 1.807) is 19.1 Å². The number of halogens is 1. The van der Waals surface area contributed by atoms with Gasteiger partial charge in [-0.15, -0.1) is 11.3 Å². The van der Waals surface area contributed by atoms with Crippen molar-refractivity contribution in [2.45, 2.75) is 13.3 Å². The summed E-state index contributed by atoms with van der Waals surface area (Å²) in [6, 6.07) is 7.42. The molecule has 1 aromatic carbocycles. The quantitative estimate of drug-likeness (QED) is 0.681. The standard InChI is InChI=1S/C14H13FN2O3S/c1-9-12(17(19)20)8-13(21-9)14(18)16-6-5-10-3-2-4-11(15)7-10/h2-4,7-8H,5-6H2,1H3,(H,16,18). The van der Waals surface area contributed by atoms with Gasteiger partial charge in [0.2, 0.25) is 0 Å². The smallest absolute Gasteiger partial charge is 0.283 e. The Bertz CT molecular complexity index is 685. The van der Waals surface area contributed by atoms with Crippen LogP contribution in [0.4, 0.5) is 10.1 Å². The van der Waals surface area contributed by atoms with E-state index in [9.17, 15) is 19.3 Å². The number of hydrogen-bond acceptors (Lipinski definition) is 4. The largest absolute Gasteiger partial charge is 0.351 e. The fourth-order valence-corrected chi connectivity index (χ4v) is 2.77. The third kappa shape index (κ3) is 3.85. The van der Waals surface area contributed by atoms with E-state index < -0.39 is 4.92 Å². The predicted molar refractivity (Wildman–Crippen MR) is 78.1 cm³/mol. The molecule has 0 saturated carbocycles. The molecule has 1 N–H and O–H groups in total. The second-order valence-electron chi connectivity index (χ2n) is 4.45. The fraction of sp³-hybridized carbons (Fsp3) is 0.214. The first-order valence-electron chi connectivity index (χ1n) is 6.25. The van der Waals surface area contributed by atoms with Gasteiger partial charge >= 0.3 is 0 Å². The van der Waals surface area contributed by atoms with Crippen molar-refractivity contribution in [3.8, 4) is 0 Å². The van der Waals surface area contributed by atoms with Crippen LogP contribution in [0, 0.1) is 22.9 Å². The number of aryl methyl sites for hydroxylation is 1. The van der Waals surface area contributed by atoms with Crippen LogP contribution in [-0.4, -0.2) is 17.4 Å². The fourth-order valence-electron chi connectivity index (χ4n) is 1.87. The average molecular weight is 308 g/mol.